The predicted octanol–water partition coefficient (Wildman–Crippen LogP) is 5.58. The highest BCUT2D eigenvalue weighted by atomic mass is 32.2. The van der Waals surface area contributed by atoms with Crippen LogP contribution in [0, 0.1) is 5.92 Å². The first kappa shape index (κ1) is 13.6. The molecule has 0 saturated carbocycles. The molecule has 2 heterocycles. The number of para-hydroxylation sites is 1. The third-order valence-electron chi connectivity index (χ3n) is 4.37. The number of thioether (sulfide) groups is 2. The van der Waals surface area contributed by atoms with Crippen molar-refractivity contribution in [1.29, 1.82) is 0 Å². The van der Waals surface area contributed by atoms with Gasteiger partial charge in [-0.1, -0.05) is 44.2 Å². The molecule has 1 atom stereocenters. The van der Waals surface area contributed by atoms with Crippen LogP contribution >= 0.6 is 23.5 Å². The van der Waals surface area contributed by atoms with Gasteiger partial charge < -0.3 is 5.32 Å². The normalized spacial score (nSPS) is 22.0. The van der Waals surface area contributed by atoms with E-state index < -0.39 is 0 Å². The number of fused-ring (bicyclic) bond motifs is 3. The summed E-state index contributed by atoms with van der Waals surface area (Å²) in [6.07, 6.45) is 1.17. The highest BCUT2D eigenvalue weighted by Gasteiger charge is 2.46. The van der Waals surface area contributed by atoms with Crippen LogP contribution in [0.3, 0.4) is 0 Å². The largest absolute Gasteiger partial charge is 0.382 e. The summed E-state index contributed by atoms with van der Waals surface area (Å²) in [4.78, 5) is 2.86. The van der Waals surface area contributed by atoms with E-state index in [9.17, 15) is 0 Å². The van der Waals surface area contributed by atoms with Crippen LogP contribution < -0.4 is 5.32 Å². The van der Waals surface area contributed by atoms with E-state index in [2.05, 4.69) is 67.7 Å². The van der Waals surface area contributed by atoms with Crippen molar-refractivity contribution in [2.24, 2.45) is 5.92 Å². The summed E-state index contributed by atoms with van der Waals surface area (Å²) in [6.45, 7) is 4.63. The van der Waals surface area contributed by atoms with E-state index in [1.165, 1.54) is 27.5 Å². The fourth-order valence-electron chi connectivity index (χ4n) is 3.18. The van der Waals surface area contributed by atoms with Crippen LogP contribution in [0.4, 0.5) is 5.69 Å². The Balaban J connectivity index is 1.82. The maximum absolute atomic E-state index is 3.75. The molecule has 0 amide bonds. The molecule has 2 aromatic carbocycles. The van der Waals surface area contributed by atoms with Crippen molar-refractivity contribution < 1.29 is 0 Å². The van der Waals surface area contributed by atoms with Gasteiger partial charge in [-0.25, -0.2) is 0 Å². The first-order valence-electron chi connectivity index (χ1n) is 7.51. The van der Waals surface area contributed by atoms with E-state index >= 15 is 0 Å². The molecule has 0 aliphatic carbocycles. The Hall–Kier alpha value is -1.06. The zero-order chi connectivity index (χ0) is 14.4. The smallest absolute Gasteiger partial charge is 0.0993 e. The Labute approximate surface area is 134 Å². The van der Waals surface area contributed by atoms with Crippen LogP contribution in [0.2, 0.25) is 0 Å². The number of hydrogen-bond donors (Lipinski definition) is 1. The molecule has 0 aromatic heterocycles. The highest BCUT2D eigenvalue weighted by Crippen LogP contribution is 2.66. The van der Waals surface area contributed by atoms with E-state index in [0.717, 1.165) is 0 Å². The summed E-state index contributed by atoms with van der Waals surface area (Å²) in [7, 11) is 0. The SMILES string of the molecule is CC(C)C1CC2(Sc3ccccc3S2)c2ccccc2N1. The fraction of sp³-hybridized carbons (Fsp3) is 0.333. The van der Waals surface area contributed by atoms with Crippen LogP contribution in [0.15, 0.2) is 58.3 Å². The molecule has 1 spiro atoms. The lowest BCUT2D eigenvalue weighted by Gasteiger charge is -2.41. The molecular formula is C18H19NS2. The standard InChI is InChI=1S/C18H19NS2/c1-12(2)15-11-18(13-7-3-4-8-14(13)19-15)20-16-9-5-6-10-17(16)21-18/h3-10,12,15,19H,11H2,1-2H3. The van der Waals surface area contributed by atoms with Crippen molar-refractivity contribution >= 4 is 29.2 Å². The van der Waals surface area contributed by atoms with Gasteiger partial charge in [0.1, 0.15) is 0 Å². The van der Waals surface area contributed by atoms with Crippen LogP contribution in [-0.4, -0.2) is 6.04 Å². The number of anilines is 1. The second-order valence-corrected chi connectivity index (χ2v) is 9.09. The van der Waals surface area contributed by atoms with Gasteiger partial charge in [0.15, 0.2) is 0 Å². The minimum atomic E-state index is 0.139. The summed E-state index contributed by atoms with van der Waals surface area (Å²) in [5, 5.41) is 3.75. The molecule has 2 aliphatic rings. The lowest BCUT2D eigenvalue weighted by molar-refractivity contribution is 0.468. The number of rotatable bonds is 1. The summed E-state index contributed by atoms with van der Waals surface area (Å²) >= 11 is 4.09. The zero-order valence-electron chi connectivity index (χ0n) is 12.3. The third kappa shape index (κ3) is 2.18. The van der Waals surface area contributed by atoms with Gasteiger partial charge in [-0.2, -0.15) is 0 Å². The summed E-state index contributed by atoms with van der Waals surface area (Å²) in [5.41, 5.74) is 2.77. The quantitative estimate of drug-likeness (QED) is 0.738. The average molecular weight is 313 g/mol. The second kappa shape index (κ2) is 4.99. The van der Waals surface area contributed by atoms with Crippen molar-refractivity contribution in [3.63, 3.8) is 0 Å². The number of nitrogens with one attached hydrogen (secondary N) is 1. The molecular weight excluding hydrogens is 294 g/mol. The molecule has 4 rings (SSSR count). The van der Waals surface area contributed by atoms with E-state index in [1.807, 2.05) is 23.5 Å². The van der Waals surface area contributed by atoms with Crippen molar-refractivity contribution in [3.05, 3.63) is 54.1 Å². The predicted molar refractivity (Wildman–Crippen MR) is 93.1 cm³/mol. The van der Waals surface area contributed by atoms with E-state index in [-0.39, 0.29) is 4.08 Å². The first-order chi connectivity index (χ1) is 10.2. The molecule has 0 fully saturated rings. The lowest BCUT2D eigenvalue weighted by atomic mass is 9.90. The van der Waals surface area contributed by atoms with Crippen LogP contribution in [0.25, 0.3) is 0 Å². The Bertz CT molecular complexity index is 655. The molecule has 0 radical (unpaired) electrons. The van der Waals surface area contributed by atoms with Gasteiger partial charge in [-0.3, -0.25) is 0 Å². The van der Waals surface area contributed by atoms with Gasteiger partial charge in [0, 0.05) is 27.1 Å². The van der Waals surface area contributed by atoms with Crippen molar-refractivity contribution in [2.75, 3.05) is 5.32 Å². The molecule has 21 heavy (non-hydrogen) atoms. The summed E-state index contributed by atoms with van der Waals surface area (Å²) in [6, 6.07) is 18.2. The Morgan fingerprint density at radius 2 is 1.62 bits per heavy atom. The van der Waals surface area contributed by atoms with Gasteiger partial charge in [0.2, 0.25) is 0 Å². The van der Waals surface area contributed by atoms with E-state index in [1.54, 1.807) is 0 Å². The van der Waals surface area contributed by atoms with Crippen molar-refractivity contribution in [2.45, 2.75) is 40.2 Å². The van der Waals surface area contributed by atoms with E-state index in [0.29, 0.717) is 12.0 Å². The minimum absolute atomic E-state index is 0.139. The number of hydrogen-bond acceptors (Lipinski definition) is 3. The van der Waals surface area contributed by atoms with Crippen LogP contribution in [0.1, 0.15) is 25.8 Å². The van der Waals surface area contributed by atoms with Gasteiger partial charge in [-0.05, 0) is 30.5 Å². The van der Waals surface area contributed by atoms with Gasteiger partial charge >= 0.3 is 0 Å². The topological polar surface area (TPSA) is 12.0 Å². The molecule has 108 valence electrons. The maximum Gasteiger partial charge on any atom is 0.0993 e. The van der Waals surface area contributed by atoms with Gasteiger partial charge in [0.25, 0.3) is 0 Å². The Morgan fingerprint density at radius 3 is 2.29 bits per heavy atom. The number of benzene rings is 2. The summed E-state index contributed by atoms with van der Waals surface area (Å²) in [5.74, 6) is 0.639. The monoisotopic (exact) mass is 313 g/mol. The van der Waals surface area contributed by atoms with Gasteiger partial charge in [-0.15, -0.1) is 23.5 Å². The molecule has 2 aliphatic heterocycles. The molecule has 1 N–H and O–H groups in total. The van der Waals surface area contributed by atoms with Crippen molar-refractivity contribution in [3.8, 4) is 0 Å². The van der Waals surface area contributed by atoms with Crippen LogP contribution in [0.5, 0.6) is 0 Å². The summed E-state index contributed by atoms with van der Waals surface area (Å²) < 4.78 is 0.139. The average Bonchev–Trinajstić information content (AvgIpc) is 2.85. The second-order valence-electron chi connectivity index (χ2n) is 6.15. The third-order valence-corrected chi connectivity index (χ3v) is 7.58. The molecule has 3 heteroatoms. The zero-order valence-corrected chi connectivity index (χ0v) is 13.9. The van der Waals surface area contributed by atoms with E-state index in [4.69, 9.17) is 0 Å². The molecule has 1 unspecified atom stereocenters. The molecule has 2 aromatic rings. The Morgan fingerprint density at radius 1 is 1.00 bits per heavy atom. The van der Waals surface area contributed by atoms with Crippen LogP contribution in [-0.2, 0) is 4.08 Å². The lowest BCUT2D eigenvalue weighted by Crippen LogP contribution is -2.38. The first-order valence-corrected chi connectivity index (χ1v) is 9.14. The maximum atomic E-state index is 3.75. The Kier molecular flexibility index (Phi) is 3.23. The van der Waals surface area contributed by atoms with Gasteiger partial charge in [0.05, 0.1) is 4.08 Å². The molecule has 0 saturated heterocycles. The minimum Gasteiger partial charge on any atom is -0.382 e. The fourth-order valence-corrected chi connectivity index (χ4v) is 6.58. The molecule has 0 bridgehead atoms. The van der Waals surface area contributed by atoms with Crippen molar-refractivity contribution in [1.82, 2.24) is 0 Å². The molecule has 1 nitrogen and oxygen atoms in total. The highest BCUT2D eigenvalue weighted by molar-refractivity contribution is 8.20.